The van der Waals surface area contributed by atoms with Crippen LogP contribution in [0.25, 0.3) is 32.8 Å². The van der Waals surface area contributed by atoms with E-state index in [-0.39, 0.29) is 50.8 Å². The van der Waals surface area contributed by atoms with Crippen LogP contribution < -0.4 is 15.0 Å². The van der Waals surface area contributed by atoms with E-state index in [4.69, 9.17) is 16.1 Å². The molecule has 46 heavy (non-hydrogen) atoms. The van der Waals surface area contributed by atoms with Crippen LogP contribution in [0.4, 0.5) is 19.0 Å². The summed E-state index contributed by atoms with van der Waals surface area (Å²) in [5.41, 5.74) is -0.0613. The van der Waals surface area contributed by atoms with Crippen LogP contribution in [0.5, 0.6) is 11.8 Å². The van der Waals surface area contributed by atoms with Gasteiger partial charge in [-0.3, -0.25) is 4.90 Å². The Morgan fingerprint density at radius 1 is 1.13 bits per heavy atom. The number of hydrogen-bond acceptors (Lipinski definition) is 7. The molecule has 3 atom stereocenters. The predicted octanol–water partition coefficient (Wildman–Crippen LogP) is 5.95. The van der Waals surface area contributed by atoms with Gasteiger partial charge < -0.3 is 20.1 Å². The van der Waals surface area contributed by atoms with Crippen LogP contribution in [0, 0.1) is 29.4 Å². The molecule has 3 aromatic carbocycles. The van der Waals surface area contributed by atoms with Crippen LogP contribution >= 0.6 is 0 Å². The molecule has 7 nitrogen and oxygen atoms in total. The lowest BCUT2D eigenvalue weighted by molar-refractivity contribution is 0.165. The molecule has 1 unspecified atom stereocenters. The van der Waals surface area contributed by atoms with Gasteiger partial charge in [0.15, 0.2) is 5.82 Å². The van der Waals surface area contributed by atoms with Crippen molar-refractivity contribution in [2.24, 2.45) is 5.41 Å². The second-order valence-corrected chi connectivity index (χ2v) is 14.0. The zero-order valence-corrected chi connectivity index (χ0v) is 25.8. The quantitative estimate of drug-likeness (QED) is 0.246. The molecular weight excluding hydrogens is 591 g/mol. The number of rotatable bonds is 7. The minimum Gasteiger partial charge on any atom is -0.508 e. The number of fused-ring (bicyclic) bond motifs is 4. The SMILES string of the molecule is C#Cc1cccc2cc(O)cc(-c3c(F)cc4c(N5CC6CC[C@@](C)(C5)N6)nc(OCC5(CN6CC[C@@H](F)C6)CC5)nc4c3F)c12. The fourth-order valence-electron chi connectivity index (χ4n) is 7.89. The number of phenols is 1. The molecule has 4 aromatic rings. The van der Waals surface area contributed by atoms with E-state index in [0.717, 1.165) is 38.8 Å². The number of halogens is 3. The standard InChI is InChI=1S/C36H36F3N5O2/c1-3-21-5-4-6-22-13-25(45)14-26(29(21)22)30-28(38)15-27-32(31(30)39)40-34(41-33(27)44-17-24-7-9-35(2,18-44)42-24)46-20-36(10-11-36)19-43-12-8-23(37)16-43/h1,4-6,13-15,23-24,42,45H,7-12,16-20H2,2H3/t23-,24?,35+/m1/s1. The Bertz CT molecular complexity index is 1920. The Labute approximate surface area is 265 Å². The number of phenolic OH excluding ortho intramolecular Hbond substituents is 1. The molecule has 2 bridgehead atoms. The number of nitrogens with one attached hydrogen (secondary N) is 1. The van der Waals surface area contributed by atoms with Gasteiger partial charge in [-0.2, -0.15) is 9.97 Å². The van der Waals surface area contributed by atoms with E-state index in [1.807, 2.05) is 0 Å². The predicted molar refractivity (Wildman–Crippen MR) is 172 cm³/mol. The van der Waals surface area contributed by atoms with Crippen molar-refractivity contribution >= 4 is 27.5 Å². The highest BCUT2D eigenvalue weighted by molar-refractivity contribution is 6.04. The lowest BCUT2D eigenvalue weighted by Crippen LogP contribution is -2.58. The number of alkyl halides is 1. The number of hydrogen-bond donors (Lipinski definition) is 2. The van der Waals surface area contributed by atoms with Crippen molar-refractivity contribution in [1.29, 1.82) is 0 Å². The molecule has 4 heterocycles. The van der Waals surface area contributed by atoms with Crippen LogP contribution in [0.15, 0.2) is 36.4 Å². The van der Waals surface area contributed by atoms with Gasteiger partial charge in [0.05, 0.1) is 12.2 Å². The number of piperazine rings is 1. The first-order valence-corrected chi connectivity index (χ1v) is 16.1. The van der Waals surface area contributed by atoms with E-state index < -0.39 is 17.8 Å². The summed E-state index contributed by atoms with van der Waals surface area (Å²) in [6, 6.07) is 9.59. The normalized spacial score (nSPS) is 25.3. The average Bonchev–Trinajstić information content (AvgIpc) is 3.58. The fourth-order valence-corrected chi connectivity index (χ4v) is 7.89. The molecule has 0 spiro atoms. The molecule has 8 rings (SSSR count). The topological polar surface area (TPSA) is 73.8 Å². The molecule has 10 heteroatoms. The van der Waals surface area contributed by atoms with Crippen molar-refractivity contribution in [1.82, 2.24) is 20.2 Å². The van der Waals surface area contributed by atoms with E-state index in [2.05, 4.69) is 32.9 Å². The smallest absolute Gasteiger partial charge is 0.319 e. The maximum atomic E-state index is 16.9. The summed E-state index contributed by atoms with van der Waals surface area (Å²) in [7, 11) is 0. The lowest BCUT2D eigenvalue weighted by atomic mass is 9.93. The van der Waals surface area contributed by atoms with Crippen LogP contribution in [-0.2, 0) is 0 Å². The Morgan fingerprint density at radius 2 is 1.98 bits per heavy atom. The first kappa shape index (κ1) is 29.3. The van der Waals surface area contributed by atoms with Gasteiger partial charge in [-0.05, 0) is 68.7 Å². The Balaban J connectivity index is 1.25. The number of anilines is 1. The molecule has 3 saturated heterocycles. The molecule has 0 amide bonds. The number of nitrogens with zero attached hydrogens (tertiary/aromatic N) is 4. The van der Waals surface area contributed by atoms with Crippen LogP contribution in [0.2, 0.25) is 0 Å². The third-order valence-corrected chi connectivity index (χ3v) is 10.3. The number of ether oxygens (including phenoxy) is 1. The molecular formula is C36H36F3N5O2. The molecule has 1 saturated carbocycles. The Hall–Kier alpha value is -4.07. The molecule has 1 aliphatic carbocycles. The van der Waals surface area contributed by atoms with Gasteiger partial charge in [-0.25, -0.2) is 13.2 Å². The third-order valence-electron chi connectivity index (χ3n) is 10.3. The summed E-state index contributed by atoms with van der Waals surface area (Å²) in [6.45, 7) is 5.64. The summed E-state index contributed by atoms with van der Waals surface area (Å²) in [4.78, 5) is 13.6. The first-order valence-electron chi connectivity index (χ1n) is 16.1. The number of aromatic hydroxyl groups is 1. The monoisotopic (exact) mass is 627 g/mol. The maximum absolute atomic E-state index is 16.9. The van der Waals surface area contributed by atoms with Crippen molar-refractivity contribution in [2.75, 3.05) is 44.2 Å². The molecule has 2 N–H and O–H groups in total. The number of likely N-dealkylation sites (tertiary alicyclic amines) is 1. The van der Waals surface area contributed by atoms with Crippen LogP contribution in [0.3, 0.4) is 0 Å². The zero-order valence-electron chi connectivity index (χ0n) is 25.8. The molecule has 1 aromatic heterocycles. The van der Waals surface area contributed by atoms with Gasteiger partial charge in [0, 0.05) is 71.6 Å². The van der Waals surface area contributed by atoms with Gasteiger partial charge in [-0.15, -0.1) is 6.42 Å². The molecule has 4 aliphatic rings. The lowest BCUT2D eigenvalue weighted by Gasteiger charge is -2.40. The summed E-state index contributed by atoms with van der Waals surface area (Å²) in [6.07, 6.45) is 9.45. The third kappa shape index (κ3) is 5.10. The van der Waals surface area contributed by atoms with Gasteiger partial charge in [-0.1, -0.05) is 18.1 Å². The summed E-state index contributed by atoms with van der Waals surface area (Å²) in [5, 5.41) is 15.5. The van der Waals surface area contributed by atoms with Crippen molar-refractivity contribution in [2.45, 2.75) is 56.8 Å². The zero-order chi connectivity index (χ0) is 31.8. The van der Waals surface area contributed by atoms with Crippen molar-refractivity contribution in [3.05, 3.63) is 53.6 Å². The van der Waals surface area contributed by atoms with Crippen LogP contribution in [0.1, 0.15) is 44.6 Å². The minimum absolute atomic E-state index is 0.0242. The van der Waals surface area contributed by atoms with Crippen molar-refractivity contribution in [3.8, 4) is 35.2 Å². The minimum atomic E-state index is -0.876. The maximum Gasteiger partial charge on any atom is 0.319 e. The Kier molecular flexibility index (Phi) is 6.85. The summed E-state index contributed by atoms with van der Waals surface area (Å²) in [5.74, 6) is 1.22. The second kappa shape index (κ2) is 10.7. The number of benzene rings is 3. The van der Waals surface area contributed by atoms with E-state index in [9.17, 15) is 9.50 Å². The van der Waals surface area contributed by atoms with Crippen LogP contribution in [-0.4, -0.2) is 77.1 Å². The molecule has 0 radical (unpaired) electrons. The van der Waals surface area contributed by atoms with E-state index >= 15 is 8.78 Å². The largest absolute Gasteiger partial charge is 0.508 e. The molecule has 3 aliphatic heterocycles. The van der Waals surface area contributed by atoms with E-state index in [0.29, 0.717) is 54.8 Å². The molecule has 238 valence electrons. The second-order valence-electron chi connectivity index (χ2n) is 14.0. The summed E-state index contributed by atoms with van der Waals surface area (Å²) >= 11 is 0. The van der Waals surface area contributed by atoms with E-state index in [1.54, 1.807) is 18.2 Å². The highest BCUT2D eigenvalue weighted by Crippen LogP contribution is 2.47. The highest BCUT2D eigenvalue weighted by Gasteiger charge is 2.46. The average molecular weight is 628 g/mol. The van der Waals surface area contributed by atoms with E-state index in [1.165, 1.54) is 18.2 Å². The number of terminal acetylenes is 1. The Morgan fingerprint density at radius 3 is 2.72 bits per heavy atom. The van der Waals surface area contributed by atoms with Gasteiger partial charge in [0.1, 0.15) is 29.1 Å². The van der Waals surface area contributed by atoms with Gasteiger partial charge in [0.2, 0.25) is 0 Å². The van der Waals surface area contributed by atoms with Gasteiger partial charge in [0.25, 0.3) is 0 Å². The van der Waals surface area contributed by atoms with Crippen molar-refractivity contribution < 1.29 is 23.0 Å². The number of aromatic nitrogens is 2. The molecule has 4 fully saturated rings. The summed E-state index contributed by atoms with van der Waals surface area (Å²) < 4.78 is 53.3. The van der Waals surface area contributed by atoms with Gasteiger partial charge >= 0.3 is 6.01 Å². The fraction of sp³-hybridized carbons (Fsp3) is 0.444. The first-order chi connectivity index (χ1) is 22.1. The van der Waals surface area contributed by atoms with Crippen molar-refractivity contribution in [3.63, 3.8) is 0 Å². The highest BCUT2D eigenvalue weighted by atomic mass is 19.1.